The highest BCUT2D eigenvalue weighted by atomic mass is 16.5. The van der Waals surface area contributed by atoms with E-state index >= 15 is 0 Å². The zero-order valence-electron chi connectivity index (χ0n) is 18.9. The lowest BCUT2D eigenvalue weighted by Crippen LogP contribution is -2.15. The summed E-state index contributed by atoms with van der Waals surface area (Å²) in [6.07, 6.45) is 1.67. The largest absolute Gasteiger partial charge is 0.497 e. The molecule has 2 aromatic heterocycles. The minimum Gasteiger partial charge on any atom is -0.497 e. The molecular formula is C29H20N4O2. The Bertz CT molecular complexity index is 1710. The summed E-state index contributed by atoms with van der Waals surface area (Å²) >= 11 is 0. The Morgan fingerprint density at radius 3 is 2.46 bits per heavy atom. The summed E-state index contributed by atoms with van der Waals surface area (Å²) in [7, 11) is 1.65. The molecule has 35 heavy (non-hydrogen) atoms. The van der Waals surface area contributed by atoms with Crippen LogP contribution in [0.25, 0.3) is 27.8 Å². The van der Waals surface area contributed by atoms with Gasteiger partial charge in [-0.2, -0.15) is 0 Å². The molecule has 0 N–H and O–H groups in total. The maximum absolute atomic E-state index is 6.38. The van der Waals surface area contributed by atoms with Crippen molar-refractivity contribution < 1.29 is 9.47 Å². The number of fused-ring (bicyclic) bond motifs is 6. The van der Waals surface area contributed by atoms with Crippen molar-refractivity contribution in [1.82, 2.24) is 19.6 Å². The molecule has 1 aliphatic rings. The highest BCUT2D eigenvalue weighted by molar-refractivity contribution is 5.91. The number of rotatable bonds is 3. The van der Waals surface area contributed by atoms with Crippen LogP contribution in [-0.4, -0.2) is 26.7 Å². The average Bonchev–Trinajstić information content (AvgIpc) is 3.37. The van der Waals surface area contributed by atoms with Gasteiger partial charge in [0.25, 0.3) is 0 Å². The summed E-state index contributed by atoms with van der Waals surface area (Å²) in [5.41, 5.74) is 4.81. The normalized spacial score (nSPS) is 14.4. The molecule has 6 nitrogen and oxygen atoms in total. The SMILES string of the molecule is COc1ccc(-c2nc3c4c(ncn3n2)Oc2ccc3ccccc3c2C4c2ccccc2)cc1. The fourth-order valence-corrected chi connectivity index (χ4v) is 4.95. The van der Waals surface area contributed by atoms with Crippen LogP contribution in [-0.2, 0) is 0 Å². The van der Waals surface area contributed by atoms with Crippen LogP contribution in [0.1, 0.15) is 22.6 Å². The van der Waals surface area contributed by atoms with Gasteiger partial charge in [-0.05, 0) is 46.7 Å². The molecule has 0 spiro atoms. The molecule has 0 saturated heterocycles. The first-order valence-electron chi connectivity index (χ1n) is 11.4. The Hall–Kier alpha value is -4.71. The maximum Gasteiger partial charge on any atom is 0.228 e. The highest BCUT2D eigenvalue weighted by Crippen LogP contribution is 2.50. The number of hydrogen-bond acceptors (Lipinski definition) is 5. The minimum atomic E-state index is -0.106. The quantitative estimate of drug-likeness (QED) is 0.315. The Balaban J connectivity index is 1.50. The zero-order chi connectivity index (χ0) is 23.4. The van der Waals surface area contributed by atoms with Crippen LogP contribution in [0.2, 0.25) is 0 Å². The fraction of sp³-hybridized carbons (Fsp3) is 0.0690. The Labute approximate surface area is 201 Å². The second-order valence-electron chi connectivity index (χ2n) is 8.54. The van der Waals surface area contributed by atoms with Crippen molar-refractivity contribution in [1.29, 1.82) is 0 Å². The molecule has 6 aromatic rings. The molecule has 4 aromatic carbocycles. The molecule has 0 aliphatic carbocycles. The van der Waals surface area contributed by atoms with E-state index < -0.39 is 0 Å². The third-order valence-corrected chi connectivity index (χ3v) is 6.58. The number of nitrogens with zero attached hydrogens (tertiary/aromatic N) is 4. The predicted octanol–water partition coefficient (Wildman–Crippen LogP) is 6.24. The van der Waals surface area contributed by atoms with Gasteiger partial charge < -0.3 is 9.47 Å². The molecule has 0 bridgehead atoms. The first-order valence-corrected chi connectivity index (χ1v) is 11.4. The Morgan fingerprint density at radius 1 is 0.829 bits per heavy atom. The molecule has 1 aliphatic heterocycles. The zero-order valence-corrected chi connectivity index (χ0v) is 18.9. The van der Waals surface area contributed by atoms with E-state index in [4.69, 9.17) is 19.6 Å². The Morgan fingerprint density at radius 2 is 1.63 bits per heavy atom. The minimum absolute atomic E-state index is 0.106. The monoisotopic (exact) mass is 456 g/mol. The second-order valence-corrected chi connectivity index (χ2v) is 8.54. The highest BCUT2D eigenvalue weighted by Gasteiger charge is 2.34. The summed E-state index contributed by atoms with van der Waals surface area (Å²) in [4.78, 5) is 9.63. The first-order chi connectivity index (χ1) is 17.3. The van der Waals surface area contributed by atoms with Crippen LogP contribution in [0.15, 0.2) is 97.3 Å². The van der Waals surface area contributed by atoms with E-state index in [0.717, 1.165) is 44.8 Å². The van der Waals surface area contributed by atoms with Gasteiger partial charge in [0.2, 0.25) is 5.88 Å². The van der Waals surface area contributed by atoms with Gasteiger partial charge in [-0.1, -0.05) is 60.7 Å². The summed E-state index contributed by atoms with van der Waals surface area (Å²) in [5, 5.41) is 7.06. The molecule has 0 radical (unpaired) electrons. The van der Waals surface area contributed by atoms with E-state index in [-0.39, 0.29) is 5.92 Å². The van der Waals surface area contributed by atoms with Gasteiger partial charge in [0.15, 0.2) is 11.5 Å². The summed E-state index contributed by atoms with van der Waals surface area (Å²) < 4.78 is 13.4. The van der Waals surface area contributed by atoms with Crippen molar-refractivity contribution in [2.45, 2.75) is 5.92 Å². The van der Waals surface area contributed by atoms with Crippen molar-refractivity contribution in [3.8, 4) is 28.8 Å². The molecule has 0 amide bonds. The molecule has 1 unspecified atom stereocenters. The van der Waals surface area contributed by atoms with Crippen LogP contribution in [0.3, 0.4) is 0 Å². The fourth-order valence-electron chi connectivity index (χ4n) is 4.95. The molecule has 6 heteroatoms. The van der Waals surface area contributed by atoms with E-state index in [9.17, 15) is 0 Å². The van der Waals surface area contributed by atoms with Crippen LogP contribution in [0.5, 0.6) is 17.4 Å². The first kappa shape index (κ1) is 19.7. The van der Waals surface area contributed by atoms with Crippen molar-refractivity contribution in [2.24, 2.45) is 0 Å². The van der Waals surface area contributed by atoms with E-state index in [0.29, 0.717) is 11.7 Å². The number of ether oxygens (including phenoxy) is 2. The lowest BCUT2D eigenvalue weighted by atomic mass is 9.81. The van der Waals surface area contributed by atoms with Gasteiger partial charge in [0, 0.05) is 17.0 Å². The smallest absolute Gasteiger partial charge is 0.228 e. The van der Waals surface area contributed by atoms with Crippen molar-refractivity contribution in [3.05, 3.63) is 114 Å². The van der Waals surface area contributed by atoms with E-state index in [1.807, 2.05) is 36.4 Å². The average molecular weight is 457 g/mol. The van der Waals surface area contributed by atoms with Crippen molar-refractivity contribution in [3.63, 3.8) is 0 Å². The third kappa shape index (κ3) is 3.07. The second kappa shape index (κ2) is 7.67. The van der Waals surface area contributed by atoms with Crippen LogP contribution < -0.4 is 9.47 Å². The topological polar surface area (TPSA) is 61.5 Å². The number of hydrogen-bond donors (Lipinski definition) is 0. The number of benzene rings is 4. The summed E-state index contributed by atoms with van der Waals surface area (Å²) in [5.74, 6) is 2.68. The molecule has 3 heterocycles. The predicted molar refractivity (Wildman–Crippen MR) is 134 cm³/mol. The van der Waals surface area contributed by atoms with Gasteiger partial charge in [0.1, 0.15) is 17.8 Å². The van der Waals surface area contributed by atoms with Gasteiger partial charge in [-0.3, -0.25) is 0 Å². The van der Waals surface area contributed by atoms with E-state index in [1.54, 1.807) is 18.0 Å². The van der Waals surface area contributed by atoms with E-state index in [1.165, 1.54) is 5.39 Å². The van der Waals surface area contributed by atoms with Crippen LogP contribution >= 0.6 is 0 Å². The van der Waals surface area contributed by atoms with Gasteiger partial charge >= 0.3 is 0 Å². The van der Waals surface area contributed by atoms with Gasteiger partial charge in [0.05, 0.1) is 12.7 Å². The molecule has 7 rings (SSSR count). The maximum atomic E-state index is 6.38. The van der Waals surface area contributed by atoms with Crippen molar-refractivity contribution >= 4 is 16.4 Å². The lowest BCUT2D eigenvalue weighted by Gasteiger charge is -2.29. The summed E-state index contributed by atoms with van der Waals surface area (Å²) in [6.45, 7) is 0. The number of aromatic nitrogens is 4. The molecule has 168 valence electrons. The van der Waals surface area contributed by atoms with E-state index in [2.05, 4.69) is 59.6 Å². The lowest BCUT2D eigenvalue weighted by molar-refractivity contribution is 0.415. The van der Waals surface area contributed by atoms with Gasteiger partial charge in [-0.15, -0.1) is 5.10 Å². The van der Waals surface area contributed by atoms with Crippen molar-refractivity contribution in [2.75, 3.05) is 7.11 Å². The molecule has 0 fully saturated rings. The molecule has 0 saturated carbocycles. The molecule has 1 atom stereocenters. The Kier molecular flexibility index (Phi) is 4.32. The van der Waals surface area contributed by atoms with Gasteiger partial charge in [-0.25, -0.2) is 14.5 Å². The molecular weight excluding hydrogens is 436 g/mol. The number of methoxy groups -OCH3 is 1. The van der Waals surface area contributed by atoms with Crippen LogP contribution in [0.4, 0.5) is 0 Å². The van der Waals surface area contributed by atoms with Crippen LogP contribution in [0, 0.1) is 0 Å². The third-order valence-electron chi connectivity index (χ3n) is 6.58. The summed E-state index contributed by atoms with van der Waals surface area (Å²) in [6, 6.07) is 30.7. The standard InChI is InChI=1S/C29H20N4O2/c1-34-21-14-11-20(12-15-21)27-31-28-26-24(19-8-3-2-4-9-19)25-22-10-6-5-7-18(22)13-16-23(25)35-29(26)30-17-33(28)32-27/h2-17,24H,1H3.